The van der Waals surface area contributed by atoms with Crippen LogP contribution in [-0.2, 0) is 9.59 Å². The van der Waals surface area contributed by atoms with Gasteiger partial charge in [0.2, 0.25) is 0 Å². The molecule has 1 fully saturated rings. The fourth-order valence-electron chi connectivity index (χ4n) is 2.52. The highest BCUT2D eigenvalue weighted by Gasteiger charge is 2.55. The Hall–Kier alpha value is -0.860. The topological polar surface area (TPSA) is 54.4 Å². The number of carboxylic acid groups (broad SMARTS) is 1. The molecule has 0 aromatic rings. The molecule has 1 aliphatic rings. The van der Waals surface area contributed by atoms with Crippen LogP contribution in [-0.4, -0.2) is 16.9 Å². The standard InChI is InChI=1S/C10H16O3/c1-9(2)5-10(3,4)7(11)6(9)8(12)13/h6H,5H2,1-4H3,(H,12,13). The van der Waals surface area contributed by atoms with Gasteiger partial charge < -0.3 is 5.11 Å². The summed E-state index contributed by atoms with van der Waals surface area (Å²) in [5, 5.41) is 8.93. The number of Topliss-reactive ketones (excluding diaryl/α,β-unsaturated/α-hetero) is 1. The minimum Gasteiger partial charge on any atom is -0.481 e. The van der Waals surface area contributed by atoms with E-state index in [-0.39, 0.29) is 5.78 Å². The third-order valence-electron chi connectivity index (χ3n) is 2.86. The molecule has 1 atom stereocenters. The lowest BCUT2D eigenvalue weighted by atomic mass is 9.81. The van der Waals surface area contributed by atoms with E-state index in [1.807, 2.05) is 27.7 Å². The molecule has 3 nitrogen and oxygen atoms in total. The van der Waals surface area contributed by atoms with Crippen molar-refractivity contribution in [3.8, 4) is 0 Å². The van der Waals surface area contributed by atoms with E-state index in [1.54, 1.807) is 0 Å². The molecular formula is C10H16O3. The van der Waals surface area contributed by atoms with E-state index < -0.39 is 22.7 Å². The van der Waals surface area contributed by atoms with Gasteiger partial charge in [0.05, 0.1) is 0 Å². The third-order valence-corrected chi connectivity index (χ3v) is 2.86. The highest BCUT2D eigenvalue weighted by molar-refractivity contribution is 6.03. The maximum absolute atomic E-state index is 11.7. The van der Waals surface area contributed by atoms with E-state index in [0.29, 0.717) is 6.42 Å². The molecule has 1 aliphatic carbocycles. The minimum absolute atomic E-state index is 0.134. The molecule has 74 valence electrons. The van der Waals surface area contributed by atoms with Gasteiger partial charge in [0.1, 0.15) is 5.92 Å². The summed E-state index contributed by atoms with van der Waals surface area (Å²) in [6.45, 7) is 7.33. The monoisotopic (exact) mass is 184 g/mol. The number of hydrogen-bond donors (Lipinski definition) is 1. The summed E-state index contributed by atoms with van der Waals surface area (Å²) in [6, 6.07) is 0. The Morgan fingerprint density at radius 1 is 1.38 bits per heavy atom. The van der Waals surface area contributed by atoms with Gasteiger partial charge in [0, 0.05) is 5.41 Å². The predicted octanol–water partition coefficient (Wildman–Crippen LogP) is 1.71. The molecule has 0 saturated heterocycles. The van der Waals surface area contributed by atoms with Crippen molar-refractivity contribution in [2.24, 2.45) is 16.7 Å². The average Bonchev–Trinajstić information content (AvgIpc) is 1.96. The fourth-order valence-corrected chi connectivity index (χ4v) is 2.52. The van der Waals surface area contributed by atoms with Crippen LogP contribution in [0, 0.1) is 16.7 Å². The Kier molecular flexibility index (Phi) is 2.02. The number of carbonyl (C=O) groups excluding carboxylic acids is 1. The Labute approximate surface area is 78.1 Å². The van der Waals surface area contributed by atoms with Gasteiger partial charge >= 0.3 is 5.97 Å². The van der Waals surface area contributed by atoms with Crippen LogP contribution < -0.4 is 0 Å². The van der Waals surface area contributed by atoms with E-state index in [2.05, 4.69) is 0 Å². The first kappa shape index (κ1) is 10.2. The number of aliphatic carboxylic acids is 1. The molecule has 0 bridgehead atoms. The van der Waals surface area contributed by atoms with E-state index in [0.717, 1.165) is 0 Å². The largest absolute Gasteiger partial charge is 0.481 e. The number of carbonyl (C=O) groups is 2. The van der Waals surface area contributed by atoms with E-state index in [4.69, 9.17) is 5.11 Å². The fraction of sp³-hybridized carbons (Fsp3) is 0.800. The van der Waals surface area contributed by atoms with E-state index in [1.165, 1.54) is 0 Å². The SMILES string of the molecule is CC1(C)CC(C)(C)C(C(=O)O)C1=O. The summed E-state index contributed by atoms with van der Waals surface area (Å²) < 4.78 is 0. The van der Waals surface area contributed by atoms with Crippen molar-refractivity contribution in [1.29, 1.82) is 0 Å². The first-order valence-electron chi connectivity index (χ1n) is 4.45. The Morgan fingerprint density at radius 3 is 2.00 bits per heavy atom. The molecule has 0 aromatic carbocycles. The smallest absolute Gasteiger partial charge is 0.314 e. The second-order valence-electron chi connectivity index (χ2n) is 5.18. The normalized spacial score (nSPS) is 30.5. The number of ketones is 1. The zero-order valence-electron chi connectivity index (χ0n) is 8.55. The Morgan fingerprint density at radius 2 is 1.85 bits per heavy atom. The average molecular weight is 184 g/mol. The van der Waals surface area contributed by atoms with Crippen molar-refractivity contribution in [3.63, 3.8) is 0 Å². The minimum atomic E-state index is -0.986. The lowest BCUT2D eigenvalue weighted by Gasteiger charge is -2.22. The number of rotatable bonds is 1. The lowest BCUT2D eigenvalue weighted by molar-refractivity contribution is -0.149. The van der Waals surface area contributed by atoms with Crippen molar-refractivity contribution in [2.45, 2.75) is 34.1 Å². The van der Waals surface area contributed by atoms with Crippen LogP contribution in [0.25, 0.3) is 0 Å². The van der Waals surface area contributed by atoms with Gasteiger partial charge in [-0.2, -0.15) is 0 Å². The summed E-state index contributed by atoms with van der Waals surface area (Å²) in [6.07, 6.45) is 0.649. The molecule has 0 amide bonds. The third kappa shape index (κ3) is 1.47. The van der Waals surface area contributed by atoms with Gasteiger partial charge in [-0.15, -0.1) is 0 Å². The molecule has 3 heteroatoms. The maximum Gasteiger partial charge on any atom is 0.314 e. The molecule has 0 aliphatic heterocycles. The van der Waals surface area contributed by atoms with Gasteiger partial charge in [0.15, 0.2) is 5.78 Å². The molecule has 0 radical (unpaired) electrons. The molecule has 1 rings (SSSR count). The van der Waals surface area contributed by atoms with E-state index in [9.17, 15) is 9.59 Å². The molecule has 0 heterocycles. The van der Waals surface area contributed by atoms with E-state index >= 15 is 0 Å². The van der Waals surface area contributed by atoms with Crippen LogP contribution in [0.2, 0.25) is 0 Å². The quantitative estimate of drug-likeness (QED) is 0.631. The zero-order valence-corrected chi connectivity index (χ0v) is 8.55. The van der Waals surface area contributed by atoms with Gasteiger partial charge in [-0.05, 0) is 11.8 Å². The second-order valence-corrected chi connectivity index (χ2v) is 5.18. The summed E-state index contributed by atoms with van der Waals surface area (Å²) in [7, 11) is 0. The molecular weight excluding hydrogens is 168 g/mol. The van der Waals surface area contributed by atoms with Crippen molar-refractivity contribution >= 4 is 11.8 Å². The number of hydrogen-bond acceptors (Lipinski definition) is 2. The molecule has 0 spiro atoms. The zero-order chi connectivity index (χ0) is 10.4. The summed E-state index contributed by atoms with van der Waals surface area (Å²) in [4.78, 5) is 22.6. The van der Waals surface area contributed by atoms with Crippen LogP contribution >= 0.6 is 0 Å². The highest BCUT2D eigenvalue weighted by Crippen LogP contribution is 2.49. The summed E-state index contributed by atoms with van der Waals surface area (Å²) in [5.74, 6) is -1.95. The first-order chi connectivity index (χ1) is 5.68. The second kappa shape index (κ2) is 2.56. The van der Waals surface area contributed by atoms with Crippen LogP contribution in [0.15, 0.2) is 0 Å². The summed E-state index contributed by atoms with van der Waals surface area (Å²) >= 11 is 0. The van der Waals surface area contributed by atoms with Crippen LogP contribution in [0.4, 0.5) is 0 Å². The molecule has 13 heavy (non-hydrogen) atoms. The van der Waals surface area contributed by atoms with Crippen molar-refractivity contribution in [1.82, 2.24) is 0 Å². The molecule has 1 N–H and O–H groups in total. The molecule has 0 aromatic heterocycles. The van der Waals surface area contributed by atoms with Crippen molar-refractivity contribution in [2.75, 3.05) is 0 Å². The highest BCUT2D eigenvalue weighted by atomic mass is 16.4. The van der Waals surface area contributed by atoms with Gasteiger partial charge in [0.25, 0.3) is 0 Å². The Bertz CT molecular complexity index is 263. The number of carboxylic acids is 1. The van der Waals surface area contributed by atoms with Crippen LogP contribution in [0.3, 0.4) is 0 Å². The maximum atomic E-state index is 11.7. The van der Waals surface area contributed by atoms with Crippen molar-refractivity contribution in [3.05, 3.63) is 0 Å². The van der Waals surface area contributed by atoms with Gasteiger partial charge in [-0.3, -0.25) is 9.59 Å². The van der Waals surface area contributed by atoms with Crippen LogP contribution in [0.1, 0.15) is 34.1 Å². The first-order valence-corrected chi connectivity index (χ1v) is 4.45. The predicted molar refractivity (Wildman–Crippen MR) is 48.3 cm³/mol. The van der Waals surface area contributed by atoms with Crippen LogP contribution in [0.5, 0.6) is 0 Å². The van der Waals surface area contributed by atoms with Gasteiger partial charge in [-0.1, -0.05) is 27.7 Å². The molecule has 1 unspecified atom stereocenters. The Balaban J connectivity index is 3.09. The van der Waals surface area contributed by atoms with Crippen molar-refractivity contribution < 1.29 is 14.7 Å². The lowest BCUT2D eigenvalue weighted by Crippen LogP contribution is -2.31. The summed E-state index contributed by atoms with van der Waals surface area (Å²) in [5.41, 5.74) is -0.890. The molecule has 1 saturated carbocycles. The van der Waals surface area contributed by atoms with Gasteiger partial charge in [-0.25, -0.2) is 0 Å².